The zero-order valence-electron chi connectivity index (χ0n) is 15.9. The van der Waals surface area contributed by atoms with Gasteiger partial charge in [-0.15, -0.1) is 0 Å². The standard InChI is InChI=1S/C21H20F3NO3S/c1-15(2)29(27,28)19-10-8-17(9-11-19)14-20(26)25-12-4-6-16-5-3-7-18(13-16)21(22,23)24/h3,5,7-11,13,15H,12,14H2,1-2H3,(H,25,26). The summed E-state index contributed by atoms with van der Waals surface area (Å²) in [6.07, 6.45) is -4.40. The third kappa shape index (κ3) is 6.36. The van der Waals surface area contributed by atoms with Crippen LogP contribution >= 0.6 is 0 Å². The lowest BCUT2D eigenvalue weighted by Crippen LogP contribution is -2.25. The lowest BCUT2D eigenvalue weighted by molar-refractivity contribution is -0.137. The maximum Gasteiger partial charge on any atom is 0.416 e. The van der Waals surface area contributed by atoms with Crippen LogP contribution in [0.4, 0.5) is 13.2 Å². The van der Waals surface area contributed by atoms with Crippen LogP contribution in [0, 0.1) is 11.8 Å². The molecule has 0 radical (unpaired) electrons. The Morgan fingerprint density at radius 2 is 1.76 bits per heavy atom. The molecule has 0 aromatic heterocycles. The Kier molecular flexibility index (Phi) is 7.09. The maximum atomic E-state index is 12.7. The van der Waals surface area contributed by atoms with Crippen molar-refractivity contribution in [1.29, 1.82) is 0 Å². The molecule has 1 N–H and O–H groups in total. The molecule has 0 aliphatic heterocycles. The highest BCUT2D eigenvalue weighted by Crippen LogP contribution is 2.29. The van der Waals surface area contributed by atoms with Crippen molar-refractivity contribution in [1.82, 2.24) is 5.32 Å². The molecule has 154 valence electrons. The minimum Gasteiger partial charge on any atom is -0.345 e. The summed E-state index contributed by atoms with van der Waals surface area (Å²) in [6.45, 7) is 3.17. The van der Waals surface area contributed by atoms with E-state index in [4.69, 9.17) is 0 Å². The Bertz CT molecular complexity index is 1030. The highest BCUT2D eigenvalue weighted by Gasteiger charge is 2.30. The molecule has 4 nitrogen and oxygen atoms in total. The monoisotopic (exact) mass is 423 g/mol. The molecule has 1 amide bonds. The zero-order chi connectivity index (χ0) is 21.7. The Labute approximate surface area is 168 Å². The molecule has 0 aliphatic carbocycles. The predicted octanol–water partition coefficient (Wildman–Crippen LogP) is 3.60. The summed E-state index contributed by atoms with van der Waals surface area (Å²) in [5, 5.41) is 2.02. The van der Waals surface area contributed by atoms with Crippen molar-refractivity contribution in [3.05, 3.63) is 65.2 Å². The first-order valence-electron chi connectivity index (χ1n) is 8.76. The van der Waals surface area contributed by atoms with Crippen molar-refractivity contribution < 1.29 is 26.4 Å². The molecule has 0 heterocycles. The van der Waals surface area contributed by atoms with Gasteiger partial charge in [0.1, 0.15) is 0 Å². The Hall–Kier alpha value is -2.79. The van der Waals surface area contributed by atoms with Gasteiger partial charge in [-0.05, 0) is 49.7 Å². The highest BCUT2D eigenvalue weighted by atomic mass is 32.2. The van der Waals surface area contributed by atoms with Gasteiger partial charge in [0, 0.05) is 5.56 Å². The van der Waals surface area contributed by atoms with Crippen LogP contribution in [-0.4, -0.2) is 26.1 Å². The summed E-state index contributed by atoms with van der Waals surface area (Å²) in [5.41, 5.74) is 0.0586. The fourth-order valence-corrected chi connectivity index (χ4v) is 3.44. The molecule has 0 spiro atoms. The molecule has 0 atom stereocenters. The van der Waals surface area contributed by atoms with Crippen molar-refractivity contribution in [3.8, 4) is 11.8 Å². The number of alkyl halides is 3. The van der Waals surface area contributed by atoms with E-state index in [1.165, 1.54) is 24.3 Å². The largest absolute Gasteiger partial charge is 0.416 e. The first-order valence-corrected chi connectivity index (χ1v) is 10.3. The number of halogens is 3. The third-order valence-corrected chi connectivity index (χ3v) is 6.20. The predicted molar refractivity (Wildman–Crippen MR) is 104 cm³/mol. The van der Waals surface area contributed by atoms with Crippen molar-refractivity contribution in [2.75, 3.05) is 6.54 Å². The smallest absolute Gasteiger partial charge is 0.345 e. The van der Waals surface area contributed by atoms with E-state index < -0.39 is 26.8 Å². The van der Waals surface area contributed by atoms with Crippen LogP contribution in [0.5, 0.6) is 0 Å². The molecule has 0 saturated carbocycles. The molecule has 0 saturated heterocycles. The van der Waals surface area contributed by atoms with Crippen molar-refractivity contribution in [2.24, 2.45) is 0 Å². The number of sulfone groups is 1. The number of benzene rings is 2. The fraction of sp³-hybridized carbons (Fsp3) is 0.286. The lowest BCUT2D eigenvalue weighted by atomic mass is 10.1. The second-order valence-electron chi connectivity index (χ2n) is 6.57. The van der Waals surface area contributed by atoms with Crippen molar-refractivity contribution >= 4 is 15.7 Å². The number of nitrogens with one attached hydrogen (secondary N) is 1. The third-order valence-electron chi connectivity index (χ3n) is 4.03. The van der Waals surface area contributed by atoms with Crippen LogP contribution in [0.1, 0.15) is 30.5 Å². The number of hydrogen-bond donors (Lipinski definition) is 1. The number of carbonyl (C=O) groups is 1. The highest BCUT2D eigenvalue weighted by molar-refractivity contribution is 7.92. The van der Waals surface area contributed by atoms with Crippen LogP contribution in [0.15, 0.2) is 53.4 Å². The van der Waals surface area contributed by atoms with E-state index in [9.17, 15) is 26.4 Å². The first-order chi connectivity index (χ1) is 13.5. The fourth-order valence-electron chi connectivity index (χ4n) is 2.38. The van der Waals surface area contributed by atoms with Gasteiger partial charge in [-0.2, -0.15) is 13.2 Å². The minimum absolute atomic E-state index is 0.0190. The SMILES string of the molecule is CC(C)S(=O)(=O)c1ccc(CC(=O)NCC#Cc2cccc(C(F)(F)F)c2)cc1. The van der Waals surface area contributed by atoms with E-state index in [1.807, 2.05) is 0 Å². The number of carbonyl (C=O) groups excluding carboxylic acids is 1. The second kappa shape index (κ2) is 9.14. The van der Waals surface area contributed by atoms with E-state index in [0.29, 0.717) is 5.56 Å². The number of rotatable bonds is 5. The van der Waals surface area contributed by atoms with Crippen LogP contribution in [0.25, 0.3) is 0 Å². The van der Waals surface area contributed by atoms with E-state index in [0.717, 1.165) is 12.1 Å². The molecule has 0 bridgehead atoms. The lowest BCUT2D eigenvalue weighted by Gasteiger charge is -2.08. The van der Waals surface area contributed by atoms with Gasteiger partial charge in [-0.3, -0.25) is 4.79 Å². The first kappa shape index (κ1) is 22.5. The van der Waals surface area contributed by atoms with Gasteiger partial charge in [0.25, 0.3) is 0 Å². The molecule has 29 heavy (non-hydrogen) atoms. The van der Waals surface area contributed by atoms with Gasteiger partial charge < -0.3 is 5.32 Å². The van der Waals surface area contributed by atoms with E-state index >= 15 is 0 Å². The normalized spacial score (nSPS) is 11.7. The van der Waals surface area contributed by atoms with E-state index in [2.05, 4.69) is 17.2 Å². The molecule has 2 aromatic carbocycles. The second-order valence-corrected chi connectivity index (χ2v) is 9.08. The van der Waals surface area contributed by atoms with Gasteiger partial charge in [-0.1, -0.05) is 30.0 Å². The molecule has 8 heteroatoms. The molecule has 2 aromatic rings. The summed E-state index contributed by atoms with van der Waals surface area (Å²) < 4.78 is 62.1. The van der Waals surface area contributed by atoms with Gasteiger partial charge in [0.15, 0.2) is 9.84 Å². The Balaban J connectivity index is 1.91. The number of hydrogen-bond acceptors (Lipinski definition) is 3. The van der Waals surface area contributed by atoms with Crippen molar-refractivity contribution in [2.45, 2.75) is 36.6 Å². The van der Waals surface area contributed by atoms with Gasteiger partial charge in [-0.25, -0.2) is 8.42 Å². The minimum atomic E-state index is -4.43. The van der Waals surface area contributed by atoms with Crippen LogP contribution < -0.4 is 5.32 Å². The summed E-state index contributed by atoms with van der Waals surface area (Å²) in [7, 11) is -3.37. The van der Waals surface area contributed by atoms with E-state index in [-0.39, 0.29) is 29.3 Å². The van der Waals surface area contributed by atoms with Gasteiger partial charge in [0.05, 0.1) is 28.7 Å². The molecular weight excluding hydrogens is 403 g/mol. The molecule has 0 fully saturated rings. The maximum absolute atomic E-state index is 12.7. The molecule has 0 unspecified atom stereocenters. The molecular formula is C21H20F3NO3S. The zero-order valence-corrected chi connectivity index (χ0v) is 16.7. The topological polar surface area (TPSA) is 63.2 Å². The Morgan fingerprint density at radius 1 is 1.10 bits per heavy atom. The average Bonchev–Trinajstić information content (AvgIpc) is 2.65. The summed E-state index contributed by atoms with van der Waals surface area (Å²) in [5.74, 6) is 4.86. The summed E-state index contributed by atoms with van der Waals surface area (Å²) >= 11 is 0. The van der Waals surface area contributed by atoms with Gasteiger partial charge >= 0.3 is 6.18 Å². The van der Waals surface area contributed by atoms with Crippen LogP contribution in [0.2, 0.25) is 0 Å². The average molecular weight is 423 g/mol. The van der Waals surface area contributed by atoms with Gasteiger partial charge in [0.2, 0.25) is 5.91 Å². The number of amides is 1. The summed E-state index contributed by atoms with van der Waals surface area (Å²) in [4.78, 5) is 12.2. The summed E-state index contributed by atoms with van der Waals surface area (Å²) in [6, 6.07) is 10.7. The van der Waals surface area contributed by atoms with E-state index in [1.54, 1.807) is 26.0 Å². The van der Waals surface area contributed by atoms with Crippen LogP contribution in [-0.2, 0) is 27.2 Å². The Morgan fingerprint density at radius 3 is 2.34 bits per heavy atom. The quantitative estimate of drug-likeness (QED) is 0.748. The van der Waals surface area contributed by atoms with Crippen LogP contribution in [0.3, 0.4) is 0 Å². The van der Waals surface area contributed by atoms with Crippen molar-refractivity contribution in [3.63, 3.8) is 0 Å². The molecule has 2 rings (SSSR count). The molecule has 0 aliphatic rings.